The maximum absolute atomic E-state index is 14.2. The molecule has 0 spiro atoms. The first-order chi connectivity index (χ1) is 20.9. The summed E-state index contributed by atoms with van der Waals surface area (Å²) in [5, 5.41) is 2.94. The first-order valence-electron chi connectivity index (χ1n) is 14.6. The Morgan fingerprint density at radius 1 is 0.909 bits per heavy atom. The number of aryl methyl sites for hydroxylation is 1. The van der Waals surface area contributed by atoms with Gasteiger partial charge in [0.05, 0.1) is 31.4 Å². The lowest BCUT2D eigenvalue weighted by Gasteiger charge is -2.32. The fraction of sp³-hybridized carbons (Fsp3) is 0.394. The van der Waals surface area contributed by atoms with Gasteiger partial charge in [-0.2, -0.15) is 0 Å². The molecule has 0 heterocycles. The Morgan fingerprint density at radius 3 is 2.18 bits per heavy atom. The van der Waals surface area contributed by atoms with Gasteiger partial charge in [-0.25, -0.2) is 8.42 Å². The van der Waals surface area contributed by atoms with Gasteiger partial charge < -0.3 is 24.4 Å². The van der Waals surface area contributed by atoms with Crippen LogP contribution >= 0.6 is 0 Å². The third-order valence-electron chi connectivity index (χ3n) is 7.26. The molecule has 0 unspecified atom stereocenters. The zero-order valence-corrected chi connectivity index (χ0v) is 27.3. The van der Waals surface area contributed by atoms with Gasteiger partial charge in [-0.1, -0.05) is 36.8 Å². The molecule has 3 rings (SSSR count). The van der Waals surface area contributed by atoms with Crippen molar-refractivity contribution in [3.8, 4) is 17.2 Å². The van der Waals surface area contributed by atoms with Crippen LogP contribution in [0.5, 0.6) is 17.2 Å². The van der Waals surface area contributed by atoms with Crippen LogP contribution in [-0.4, -0.2) is 64.6 Å². The zero-order chi connectivity index (χ0) is 32.4. The summed E-state index contributed by atoms with van der Waals surface area (Å²) in [4.78, 5) is 28.7. The van der Waals surface area contributed by atoms with E-state index in [1.807, 2.05) is 52.0 Å². The lowest BCUT2D eigenvalue weighted by atomic mass is 10.1. The smallest absolute Gasteiger partial charge is 0.264 e. The Kier molecular flexibility index (Phi) is 12.0. The topological polar surface area (TPSA) is 114 Å². The molecule has 0 aromatic heterocycles. The number of sulfonamides is 1. The molecule has 10 nitrogen and oxygen atoms in total. The van der Waals surface area contributed by atoms with Gasteiger partial charge >= 0.3 is 0 Å². The van der Waals surface area contributed by atoms with Crippen molar-refractivity contribution in [2.75, 3.05) is 31.7 Å². The van der Waals surface area contributed by atoms with Crippen molar-refractivity contribution >= 4 is 27.5 Å². The first kappa shape index (κ1) is 34.2. The Morgan fingerprint density at radius 2 is 1.59 bits per heavy atom. The highest BCUT2D eigenvalue weighted by atomic mass is 32.2. The highest BCUT2D eigenvalue weighted by Crippen LogP contribution is 2.33. The Balaban J connectivity index is 2.08. The molecule has 0 bridgehead atoms. The number of carbonyl (C=O) groups excluding carboxylic acids is 2. The Bertz CT molecular complexity index is 1530. The van der Waals surface area contributed by atoms with Crippen LogP contribution < -0.4 is 23.8 Å². The van der Waals surface area contributed by atoms with Crippen molar-refractivity contribution in [3.05, 3.63) is 77.9 Å². The summed E-state index contributed by atoms with van der Waals surface area (Å²) < 4.78 is 45.6. The first-order valence-corrected chi connectivity index (χ1v) is 16.0. The van der Waals surface area contributed by atoms with E-state index >= 15 is 0 Å². The van der Waals surface area contributed by atoms with Crippen LogP contribution in [0.2, 0.25) is 0 Å². The van der Waals surface area contributed by atoms with Crippen LogP contribution in [0.25, 0.3) is 0 Å². The van der Waals surface area contributed by atoms with Gasteiger partial charge in [-0.05, 0) is 76.1 Å². The maximum Gasteiger partial charge on any atom is 0.264 e. The molecule has 0 fully saturated rings. The standard InChI is InChI=1S/C33H43N3O7S/c1-8-24(4)34-33(38)25(5)35(21-26-12-10-11-23(3)19-26)32(37)22-36(27-13-15-28(16-14-27)43-9-2)44(39,40)29-17-18-30(41-6)31(20-29)42-7/h10-20,24-25H,8-9,21-22H2,1-7H3,(H,34,38)/t24-,25-/m0/s1. The summed E-state index contributed by atoms with van der Waals surface area (Å²) in [6.45, 7) is 9.28. The van der Waals surface area contributed by atoms with Gasteiger partial charge in [0.15, 0.2) is 11.5 Å². The summed E-state index contributed by atoms with van der Waals surface area (Å²) in [6.07, 6.45) is 0.722. The SMILES string of the molecule is CCOc1ccc(N(CC(=O)N(Cc2cccc(C)c2)[C@@H](C)C(=O)N[C@@H](C)CC)S(=O)(=O)c2ccc(OC)c(OC)c2)cc1. The minimum Gasteiger partial charge on any atom is -0.494 e. The van der Waals surface area contributed by atoms with Crippen LogP contribution in [0.1, 0.15) is 45.2 Å². The quantitative estimate of drug-likeness (QED) is 0.255. The predicted molar refractivity (Wildman–Crippen MR) is 171 cm³/mol. The van der Waals surface area contributed by atoms with Crippen molar-refractivity contribution in [2.24, 2.45) is 0 Å². The van der Waals surface area contributed by atoms with E-state index < -0.39 is 28.5 Å². The predicted octanol–water partition coefficient (Wildman–Crippen LogP) is 4.94. The van der Waals surface area contributed by atoms with Crippen LogP contribution in [0, 0.1) is 6.92 Å². The van der Waals surface area contributed by atoms with Gasteiger partial charge in [0, 0.05) is 18.7 Å². The number of methoxy groups -OCH3 is 2. The van der Waals surface area contributed by atoms with E-state index in [4.69, 9.17) is 14.2 Å². The summed E-state index contributed by atoms with van der Waals surface area (Å²) in [6, 6.07) is 17.4. The molecule has 238 valence electrons. The lowest BCUT2D eigenvalue weighted by Crippen LogP contribution is -2.52. The fourth-order valence-electron chi connectivity index (χ4n) is 4.56. The molecular weight excluding hydrogens is 582 g/mol. The third-order valence-corrected chi connectivity index (χ3v) is 9.03. The Labute approximate surface area is 261 Å². The normalized spacial score (nSPS) is 12.5. The van der Waals surface area contributed by atoms with E-state index in [2.05, 4.69) is 5.32 Å². The number of nitrogens with one attached hydrogen (secondary N) is 1. The van der Waals surface area contributed by atoms with Gasteiger partial charge in [0.2, 0.25) is 11.8 Å². The second-order valence-corrected chi connectivity index (χ2v) is 12.3. The summed E-state index contributed by atoms with van der Waals surface area (Å²) in [5.74, 6) is 0.276. The minimum absolute atomic E-state index is 0.0911. The second-order valence-electron chi connectivity index (χ2n) is 10.5. The van der Waals surface area contributed by atoms with E-state index in [9.17, 15) is 18.0 Å². The molecule has 44 heavy (non-hydrogen) atoms. The number of nitrogens with zero attached hydrogens (tertiary/aromatic N) is 2. The Hall–Kier alpha value is -4.25. The van der Waals surface area contributed by atoms with E-state index in [1.165, 1.54) is 37.3 Å². The molecule has 1 N–H and O–H groups in total. The molecule has 0 aliphatic carbocycles. The highest BCUT2D eigenvalue weighted by Gasteiger charge is 2.33. The van der Waals surface area contributed by atoms with Crippen LogP contribution in [0.4, 0.5) is 5.69 Å². The number of ether oxygens (including phenoxy) is 3. The highest BCUT2D eigenvalue weighted by molar-refractivity contribution is 7.92. The molecule has 0 radical (unpaired) electrons. The lowest BCUT2D eigenvalue weighted by molar-refractivity contribution is -0.139. The van der Waals surface area contributed by atoms with Gasteiger partial charge in [0.1, 0.15) is 18.3 Å². The van der Waals surface area contributed by atoms with E-state index in [0.717, 1.165) is 21.9 Å². The molecule has 0 aliphatic rings. The van der Waals surface area contributed by atoms with Gasteiger partial charge in [0.25, 0.3) is 10.0 Å². The van der Waals surface area contributed by atoms with Crippen molar-refractivity contribution in [2.45, 2.75) is 64.6 Å². The number of rotatable bonds is 15. The van der Waals surface area contributed by atoms with E-state index in [1.54, 1.807) is 31.2 Å². The molecule has 11 heteroatoms. The maximum atomic E-state index is 14.2. The average Bonchev–Trinajstić information content (AvgIpc) is 3.02. The summed E-state index contributed by atoms with van der Waals surface area (Å²) >= 11 is 0. The largest absolute Gasteiger partial charge is 0.494 e. The van der Waals surface area contributed by atoms with Gasteiger partial charge in [-0.3, -0.25) is 13.9 Å². The molecule has 0 saturated heterocycles. The molecule has 0 aliphatic heterocycles. The minimum atomic E-state index is -4.30. The summed E-state index contributed by atoms with van der Waals surface area (Å²) in [5.41, 5.74) is 2.07. The number of carbonyl (C=O) groups is 2. The van der Waals surface area contributed by atoms with Gasteiger partial charge in [-0.15, -0.1) is 0 Å². The van der Waals surface area contributed by atoms with Crippen molar-refractivity contribution in [1.29, 1.82) is 0 Å². The van der Waals surface area contributed by atoms with E-state index in [-0.39, 0.29) is 34.8 Å². The van der Waals surface area contributed by atoms with Crippen LogP contribution in [0.3, 0.4) is 0 Å². The fourth-order valence-corrected chi connectivity index (χ4v) is 5.99. The van der Waals surface area contributed by atoms with Crippen molar-refractivity contribution in [3.63, 3.8) is 0 Å². The number of hydrogen-bond acceptors (Lipinski definition) is 7. The average molecular weight is 626 g/mol. The number of amides is 2. The molecule has 3 aromatic carbocycles. The molecular formula is C33H43N3O7S. The number of hydrogen-bond donors (Lipinski definition) is 1. The molecule has 0 saturated carbocycles. The molecule has 2 amide bonds. The monoisotopic (exact) mass is 625 g/mol. The van der Waals surface area contributed by atoms with Crippen LogP contribution in [0.15, 0.2) is 71.6 Å². The van der Waals surface area contributed by atoms with Crippen molar-refractivity contribution < 1.29 is 32.2 Å². The second kappa shape index (κ2) is 15.5. The zero-order valence-electron chi connectivity index (χ0n) is 26.5. The number of anilines is 1. The van der Waals surface area contributed by atoms with Crippen molar-refractivity contribution in [1.82, 2.24) is 10.2 Å². The van der Waals surface area contributed by atoms with Crippen LogP contribution in [-0.2, 0) is 26.2 Å². The molecule has 3 aromatic rings. The molecule has 2 atom stereocenters. The van der Waals surface area contributed by atoms with E-state index in [0.29, 0.717) is 18.1 Å². The number of benzene rings is 3. The third kappa shape index (κ3) is 8.43. The summed E-state index contributed by atoms with van der Waals surface area (Å²) in [7, 11) is -1.43.